The molecule has 5 heteroatoms. The molecule has 4 rings (SSSR count). The Hall–Kier alpha value is -1.91. The highest BCUT2D eigenvalue weighted by atomic mass is 35.5. The number of ketones is 1. The molecule has 1 aromatic heterocycles. The number of halogens is 1. The number of nitrogens with one attached hydrogen (secondary N) is 1. The molecule has 2 aliphatic rings. The second-order valence-corrected chi connectivity index (χ2v) is 7.17. The lowest BCUT2D eigenvalue weighted by Gasteiger charge is -2.38. The zero-order valence-electron chi connectivity index (χ0n) is 13.7. The summed E-state index contributed by atoms with van der Waals surface area (Å²) in [6, 6.07) is 7.75. The molecule has 0 bridgehead atoms. The first-order chi connectivity index (χ1) is 11.5. The van der Waals surface area contributed by atoms with Crippen LogP contribution in [-0.2, 0) is 12.0 Å². The molecule has 4 nitrogen and oxygen atoms in total. The summed E-state index contributed by atoms with van der Waals surface area (Å²) in [7, 11) is 0. The van der Waals surface area contributed by atoms with Crippen LogP contribution in [0.5, 0.6) is 5.75 Å². The Kier molecular flexibility index (Phi) is 3.62. The second kappa shape index (κ2) is 5.57. The van der Waals surface area contributed by atoms with Crippen molar-refractivity contribution < 1.29 is 9.53 Å². The van der Waals surface area contributed by atoms with Crippen LogP contribution in [0.3, 0.4) is 0 Å². The van der Waals surface area contributed by atoms with Crippen LogP contribution < -0.4 is 10.1 Å². The van der Waals surface area contributed by atoms with Crippen molar-refractivity contribution in [1.29, 1.82) is 0 Å². The molecule has 0 spiro atoms. The van der Waals surface area contributed by atoms with Gasteiger partial charge < -0.3 is 10.1 Å². The molecule has 2 atom stereocenters. The van der Waals surface area contributed by atoms with Gasteiger partial charge in [-0.2, -0.15) is 0 Å². The molecule has 0 amide bonds. The number of nitrogens with zero attached hydrogens (tertiary/aromatic N) is 1. The predicted octanol–water partition coefficient (Wildman–Crippen LogP) is 3.82. The average molecular weight is 343 g/mol. The van der Waals surface area contributed by atoms with Crippen molar-refractivity contribution >= 4 is 17.4 Å². The van der Waals surface area contributed by atoms with Gasteiger partial charge in [0.05, 0.1) is 22.7 Å². The number of hydrogen-bond donors (Lipinski definition) is 1. The molecule has 0 aliphatic carbocycles. The van der Waals surface area contributed by atoms with Crippen LogP contribution in [0.2, 0.25) is 5.02 Å². The van der Waals surface area contributed by atoms with Crippen molar-refractivity contribution in [1.82, 2.24) is 10.3 Å². The smallest absolute Gasteiger partial charge is 0.171 e. The van der Waals surface area contributed by atoms with Crippen LogP contribution in [0.1, 0.15) is 53.5 Å². The van der Waals surface area contributed by atoms with E-state index in [4.69, 9.17) is 16.3 Å². The van der Waals surface area contributed by atoms with E-state index in [1.165, 1.54) is 5.56 Å². The van der Waals surface area contributed by atoms with E-state index < -0.39 is 5.60 Å². The first kappa shape index (κ1) is 15.6. The van der Waals surface area contributed by atoms with Gasteiger partial charge in [0.15, 0.2) is 11.4 Å². The van der Waals surface area contributed by atoms with Gasteiger partial charge in [0.1, 0.15) is 5.75 Å². The van der Waals surface area contributed by atoms with Gasteiger partial charge >= 0.3 is 0 Å². The zero-order valence-corrected chi connectivity index (χ0v) is 14.5. The Balaban J connectivity index is 1.84. The summed E-state index contributed by atoms with van der Waals surface area (Å²) in [6.07, 6.45) is 2.81. The number of pyridine rings is 1. The maximum absolute atomic E-state index is 12.8. The molecule has 2 unspecified atom stereocenters. The number of carbonyl (C=O) groups is 1. The molecule has 124 valence electrons. The highest BCUT2D eigenvalue weighted by molar-refractivity contribution is 6.30. The summed E-state index contributed by atoms with van der Waals surface area (Å²) in [5, 5.41) is 4.02. The molecule has 24 heavy (non-hydrogen) atoms. The summed E-state index contributed by atoms with van der Waals surface area (Å²) >= 11 is 5.94. The fourth-order valence-electron chi connectivity index (χ4n) is 3.68. The molecule has 2 aliphatic heterocycles. The van der Waals surface area contributed by atoms with E-state index in [1.807, 2.05) is 19.1 Å². The lowest BCUT2D eigenvalue weighted by molar-refractivity contribution is 0.0464. The van der Waals surface area contributed by atoms with E-state index in [0.29, 0.717) is 16.3 Å². The lowest BCUT2D eigenvalue weighted by atomic mass is 9.84. The highest BCUT2D eigenvalue weighted by Crippen LogP contribution is 2.44. The number of ether oxygens (including phenoxy) is 1. The summed E-state index contributed by atoms with van der Waals surface area (Å²) in [5.41, 5.74) is 2.98. The topological polar surface area (TPSA) is 51.2 Å². The monoisotopic (exact) mass is 342 g/mol. The highest BCUT2D eigenvalue weighted by Gasteiger charge is 2.41. The van der Waals surface area contributed by atoms with E-state index in [9.17, 15) is 4.79 Å². The van der Waals surface area contributed by atoms with Crippen LogP contribution >= 0.6 is 11.6 Å². The maximum Gasteiger partial charge on any atom is 0.171 e. The van der Waals surface area contributed by atoms with Crippen molar-refractivity contribution in [2.75, 3.05) is 6.54 Å². The molecule has 1 aromatic carbocycles. The van der Waals surface area contributed by atoms with Crippen LogP contribution in [0.15, 0.2) is 30.5 Å². The Morgan fingerprint density at radius 3 is 2.92 bits per heavy atom. The Morgan fingerprint density at radius 2 is 2.17 bits per heavy atom. The van der Waals surface area contributed by atoms with Crippen LogP contribution in [0.4, 0.5) is 0 Å². The fraction of sp³-hybridized carbons (Fsp3) is 0.368. The van der Waals surface area contributed by atoms with Gasteiger partial charge in [-0.15, -0.1) is 0 Å². The molecule has 3 heterocycles. The number of Topliss-reactive ketones (excluding diaryl/α,β-unsaturated/α-hetero) is 1. The minimum atomic E-state index is -0.777. The predicted molar refractivity (Wildman–Crippen MR) is 92.7 cm³/mol. The molecule has 0 fully saturated rings. The summed E-state index contributed by atoms with van der Waals surface area (Å²) in [4.78, 5) is 17.2. The summed E-state index contributed by atoms with van der Waals surface area (Å²) in [5.74, 6) is 0.804. The van der Waals surface area contributed by atoms with Crippen LogP contribution in [0.25, 0.3) is 0 Å². The zero-order chi connectivity index (χ0) is 16.9. The minimum absolute atomic E-state index is 0.0936. The van der Waals surface area contributed by atoms with E-state index in [2.05, 4.69) is 23.3 Å². The van der Waals surface area contributed by atoms with Crippen LogP contribution in [0, 0.1) is 0 Å². The molecule has 1 N–H and O–H groups in total. The molecule has 0 saturated carbocycles. The molecule has 2 aromatic rings. The quantitative estimate of drug-likeness (QED) is 0.856. The van der Waals surface area contributed by atoms with Crippen molar-refractivity contribution in [3.05, 3.63) is 57.9 Å². The normalized spacial score (nSPS) is 25.6. The average Bonchev–Trinajstić information content (AvgIpc) is 2.55. The lowest BCUT2D eigenvalue weighted by Crippen LogP contribution is -2.39. The first-order valence-electron chi connectivity index (χ1n) is 8.21. The first-order valence-corrected chi connectivity index (χ1v) is 8.59. The van der Waals surface area contributed by atoms with Gasteiger partial charge in [-0.3, -0.25) is 9.78 Å². The van der Waals surface area contributed by atoms with Crippen molar-refractivity contribution in [3.8, 4) is 5.75 Å². The summed E-state index contributed by atoms with van der Waals surface area (Å²) < 4.78 is 6.42. The number of hydrogen-bond acceptors (Lipinski definition) is 4. The Bertz CT molecular complexity index is 819. The maximum atomic E-state index is 12.8. The third-order valence-corrected chi connectivity index (χ3v) is 5.18. The molecular weight excluding hydrogens is 324 g/mol. The fourth-order valence-corrected chi connectivity index (χ4v) is 3.79. The van der Waals surface area contributed by atoms with Crippen molar-refractivity contribution in [2.45, 2.75) is 38.3 Å². The van der Waals surface area contributed by atoms with Crippen molar-refractivity contribution in [2.24, 2.45) is 0 Å². The standard InChI is InChI=1S/C19H19ClN2O2/c1-11-17-12(7-8-21-11)3-5-14-15(23)9-19(2,24-18(14)17)16-6-4-13(20)10-22-16/h3-6,10-11,21H,7-9H2,1-2H3. The number of carbonyl (C=O) groups excluding carboxylic acids is 1. The van der Waals surface area contributed by atoms with E-state index in [-0.39, 0.29) is 18.2 Å². The van der Waals surface area contributed by atoms with Gasteiger partial charge in [-0.05, 0) is 50.6 Å². The second-order valence-electron chi connectivity index (χ2n) is 6.74. The third kappa shape index (κ3) is 2.41. The molecule has 0 radical (unpaired) electrons. The Morgan fingerprint density at radius 1 is 1.33 bits per heavy atom. The van der Waals surface area contributed by atoms with E-state index >= 15 is 0 Å². The number of fused-ring (bicyclic) bond motifs is 3. The number of aromatic nitrogens is 1. The van der Waals surface area contributed by atoms with Gasteiger partial charge in [-0.1, -0.05) is 17.7 Å². The molecule has 0 saturated heterocycles. The van der Waals surface area contributed by atoms with Gasteiger partial charge in [0.2, 0.25) is 0 Å². The Labute approximate surface area is 146 Å². The SMILES string of the molecule is CC1NCCc2ccc3c(c21)OC(C)(c1ccc(Cl)cn1)CC3=O. The van der Waals surface area contributed by atoms with Crippen LogP contribution in [-0.4, -0.2) is 17.3 Å². The third-order valence-electron chi connectivity index (χ3n) is 4.96. The van der Waals surface area contributed by atoms with E-state index in [1.54, 1.807) is 12.3 Å². The summed E-state index contributed by atoms with van der Waals surface area (Å²) in [6.45, 7) is 4.97. The largest absolute Gasteiger partial charge is 0.480 e. The minimum Gasteiger partial charge on any atom is -0.480 e. The number of benzene rings is 1. The number of rotatable bonds is 1. The van der Waals surface area contributed by atoms with E-state index in [0.717, 1.165) is 24.2 Å². The van der Waals surface area contributed by atoms with Crippen molar-refractivity contribution in [3.63, 3.8) is 0 Å². The van der Waals surface area contributed by atoms with Gasteiger partial charge in [0.25, 0.3) is 0 Å². The van der Waals surface area contributed by atoms with Gasteiger partial charge in [-0.25, -0.2) is 0 Å². The van der Waals surface area contributed by atoms with Gasteiger partial charge in [0, 0.05) is 17.8 Å². The molecular formula is C19H19ClN2O2.